The third-order valence-electron chi connectivity index (χ3n) is 3.15. The number of rotatable bonds is 6. The summed E-state index contributed by atoms with van der Waals surface area (Å²) in [6.07, 6.45) is 0. The number of hydrogen-bond acceptors (Lipinski definition) is 5. The molecule has 4 nitrogen and oxygen atoms in total. The fourth-order valence-electron chi connectivity index (χ4n) is 2.17. The van der Waals surface area contributed by atoms with Crippen LogP contribution in [0.25, 0.3) is 0 Å². The summed E-state index contributed by atoms with van der Waals surface area (Å²) in [5, 5.41) is 13.1. The number of aryl methyl sites for hydroxylation is 2. The third-order valence-corrected chi connectivity index (χ3v) is 4.40. The van der Waals surface area contributed by atoms with Gasteiger partial charge < -0.3 is 10.1 Å². The van der Waals surface area contributed by atoms with Gasteiger partial charge in [-0.05, 0) is 38.5 Å². The Morgan fingerprint density at radius 1 is 1.43 bits per heavy atom. The van der Waals surface area contributed by atoms with E-state index in [0.717, 1.165) is 28.6 Å². The molecule has 0 aliphatic heterocycles. The van der Waals surface area contributed by atoms with Crippen LogP contribution in [0.2, 0.25) is 0 Å². The molecule has 1 aromatic heterocycles. The summed E-state index contributed by atoms with van der Waals surface area (Å²) in [6, 6.07) is 10.0. The lowest BCUT2D eigenvalue weighted by Crippen LogP contribution is -2.17. The van der Waals surface area contributed by atoms with E-state index in [1.807, 2.05) is 44.2 Å². The van der Waals surface area contributed by atoms with E-state index in [1.54, 1.807) is 11.3 Å². The molecule has 21 heavy (non-hydrogen) atoms. The monoisotopic (exact) mass is 301 g/mol. The molecule has 1 unspecified atom stereocenters. The van der Waals surface area contributed by atoms with E-state index in [4.69, 9.17) is 10.00 Å². The van der Waals surface area contributed by atoms with Crippen molar-refractivity contribution < 1.29 is 4.74 Å². The summed E-state index contributed by atoms with van der Waals surface area (Å²) in [7, 11) is 0. The maximum atomic E-state index is 8.53. The fraction of sp³-hybridized carbons (Fsp3) is 0.375. The molecule has 1 aromatic carbocycles. The molecule has 0 radical (unpaired) electrons. The topological polar surface area (TPSA) is 57.9 Å². The molecule has 1 atom stereocenters. The summed E-state index contributed by atoms with van der Waals surface area (Å²) < 4.78 is 5.31. The first kappa shape index (κ1) is 15.5. The van der Waals surface area contributed by atoms with Crippen LogP contribution >= 0.6 is 11.3 Å². The van der Waals surface area contributed by atoms with Crippen molar-refractivity contribution in [2.45, 2.75) is 33.4 Å². The summed E-state index contributed by atoms with van der Waals surface area (Å²) in [4.78, 5) is 5.74. The fourth-order valence-corrected chi connectivity index (χ4v) is 3.13. The lowest BCUT2D eigenvalue weighted by molar-refractivity contribution is 0.367. The van der Waals surface area contributed by atoms with Gasteiger partial charge in [0.15, 0.2) is 6.61 Å². The molecule has 0 fully saturated rings. The van der Waals surface area contributed by atoms with Crippen LogP contribution in [-0.2, 0) is 6.54 Å². The standard InChI is InChI=1S/C16H19N3OS/c1-11(16-12(2)19-13(3)21-16)18-10-14-5-4-6-15(9-14)20-8-7-17/h4-6,9,11,18H,8,10H2,1-3H3. The van der Waals surface area contributed by atoms with Gasteiger partial charge in [0.1, 0.15) is 11.8 Å². The minimum Gasteiger partial charge on any atom is -0.479 e. The highest BCUT2D eigenvalue weighted by atomic mass is 32.1. The highest BCUT2D eigenvalue weighted by molar-refractivity contribution is 7.11. The van der Waals surface area contributed by atoms with Crippen LogP contribution in [0.4, 0.5) is 0 Å². The van der Waals surface area contributed by atoms with Gasteiger partial charge in [-0.25, -0.2) is 4.98 Å². The Balaban J connectivity index is 1.96. The van der Waals surface area contributed by atoms with Gasteiger partial charge >= 0.3 is 0 Å². The molecule has 0 amide bonds. The number of thiazole rings is 1. The summed E-state index contributed by atoms with van der Waals surface area (Å²) in [6.45, 7) is 7.06. The van der Waals surface area contributed by atoms with Gasteiger partial charge in [-0.1, -0.05) is 12.1 Å². The second-order valence-electron chi connectivity index (χ2n) is 4.88. The first-order valence-corrected chi connectivity index (χ1v) is 7.68. The molecule has 0 bridgehead atoms. The van der Waals surface area contributed by atoms with Crippen molar-refractivity contribution in [2.24, 2.45) is 0 Å². The molecule has 0 saturated carbocycles. The lowest BCUT2D eigenvalue weighted by atomic mass is 10.2. The highest BCUT2D eigenvalue weighted by Gasteiger charge is 2.12. The molecule has 0 aliphatic carbocycles. The SMILES string of the molecule is Cc1nc(C)c(C(C)NCc2cccc(OCC#N)c2)s1. The summed E-state index contributed by atoms with van der Waals surface area (Å²) in [5.41, 5.74) is 2.24. The van der Waals surface area contributed by atoms with Crippen LogP contribution in [0.5, 0.6) is 5.75 Å². The van der Waals surface area contributed by atoms with Crippen LogP contribution in [0, 0.1) is 25.2 Å². The molecule has 2 aromatic rings. The Morgan fingerprint density at radius 3 is 2.90 bits per heavy atom. The van der Waals surface area contributed by atoms with Crippen LogP contribution in [0.3, 0.4) is 0 Å². The number of nitrogens with one attached hydrogen (secondary N) is 1. The molecule has 1 N–H and O–H groups in total. The normalized spacial score (nSPS) is 11.9. The molecule has 0 aliphatic rings. The van der Waals surface area contributed by atoms with E-state index < -0.39 is 0 Å². The maximum absolute atomic E-state index is 8.53. The number of aromatic nitrogens is 1. The second kappa shape index (κ2) is 7.21. The minimum atomic E-state index is 0.0760. The number of nitrogens with zero attached hydrogens (tertiary/aromatic N) is 2. The van der Waals surface area contributed by atoms with Crippen molar-refractivity contribution in [1.29, 1.82) is 5.26 Å². The largest absolute Gasteiger partial charge is 0.479 e. The number of ether oxygens (including phenoxy) is 1. The summed E-state index contributed by atoms with van der Waals surface area (Å²) in [5.74, 6) is 0.730. The van der Waals surface area contributed by atoms with Gasteiger partial charge in [0.2, 0.25) is 0 Å². The molecular formula is C16H19N3OS. The minimum absolute atomic E-state index is 0.0760. The zero-order valence-electron chi connectivity index (χ0n) is 12.5. The van der Waals surface area contributed by atoms with E-state index >= 15 is 0 Å². The van der Waals surface area contributed by atoms with Crippen molar-refractivity contribution in [2.75, 3.05) is 6.61 Å². The average molecular weight is 301 g/mol. The van der Waals surface area contributed by atoms with Crippen molar-refractivity contribution in [3.8, 4) is 11.8 Å². The van der Waals surface area contributed by atoms with Gasteiger partial charge in [0, 0.05) is 17.5 Å². The summed E-state index contributed by atoms with van der Waals surface area (Å²) >= 11 is 1.74. The van der Waals surface area contributed by atoms with Crippen molar-refractivity contribution in [1.82, 2.24) is 10.3 Å². The quantitative estimate of drug-likeness (QED) is 0.887. The predicted molar refractivity (Wildman–Crippen MR) is 84.4 cm³/mol. The van der Waals surface area contributed by atoms with E-state index in [2.05, 4.69) is 17.2 Å². The second-order valence-corrected chi connectivity index (χ2v) is 6.11. The van der Waals surface area contributed by atoms with Crippen LogP contribution in [-0.4, -0.2) is 11.6 Å². The first-order valence-electron chi connectivity index (χ1n) is 6.86. The molecule has 1 heterocycles. The number of nitriles is 1. The molecular weight excluding hydrogens is 282 g/mol. The van der Waals surface area contributed by atoms with E-state index in [-0.39, 0.29) is 12.6 Å². The van der Waals surface area contributed by atoms with Crippen LogP contribution in [0.15, 0.2) is 24.3 Å². The highest BCUT2D eigenvalue weighted by Crippen LogP contribution is 2.24. The van der Waals surface area contributed by atoms with Crippen molar-refractivity contribution >= 4 is 11.3 Å². The predicted octanol–water partition coefficient (Wildman–Crippen LogP) is 3.51. The first-order chi connectivity index (χ1) is 10.1. The number of benzene rings is 1. The zero-order chi connectivity index (χ0) is 15.2. The molecule has 2 rings (SSSR count). The van der Waals surface area contributed by atoms with Gasteiger partial charge in [-0.3, -0.25) is 0 Å². The Labute approximate surface area is 129 Å². The average Bonchev–Trinajstić information content (AvgIpc) is 2.82. The van der Waals surface area contributed by atoms with E-state index in [9.17, 15) is 0 Å². The Kier molecular flexibility index (Phi) is 5.32. The van der Waals surface area contributed by atoms with Crippen LogP contribution < -0.4 is 10.1 Å². The number of hydrogen-bond donors (Lipinski definition) is 1. The van der Waals surface area contributed by atoms with E-state index in [1.165, 1.54) is 4.88 Å². The van der Waals surface area contributed by atoms with Crippen LogP contribution in [0.1, 0.15) is 34.1 Å². The molecule has 0 spiro atoms. The zero-order valence-corrected chi connectivity index (χ0v) is 13.3. The van der Waals surface area contributed by atoms with Gasteiger partial charge in [-0.2, -0.15) is 5.26 Å². The van der Waals surface area contributed by atoms with Gasteiger partial charge in [0.05, 0.1) is 10.7 Å². The Morgan fingerprint density at radius 2 is 2.24 bits per heavy atom. The van der Waals surface area contributed by atoms with Crippen molar-refractivity contribution in [3.63, 3.8) is 0 Å². The molecule has 5 heteroatoms. The van der Waals surface area contributed by atoms with E-state index in [0.29, 0.717) is 0 Å². The Bertz CT molecular complexity index is 645. The molecule has 0 saturated heterocycles. The Hall–Kier alpha value is -1.90. The smallest absolute Gasteiger partial charge is 0.174 e. The lowest BCUT2D eigenvalue weighted by Gasteiger charge is -2.13. The maximum Gasteiger partial charge on any atom is 0.174 e. The van der Waals surface area contributed by atoms with Crippen molar-refractivity contribution in [3.05, 3.63) is 45.4 Å². The molecule has 110 valence electrons. The van der Waals surface area contributed by atoms with Gasteiger partial charge in [-0.15, -0.1) is 11.3 Å². The van der Waals surface area contributed by atoms with Gasteiger partial charge in [0.25, 0.3) is 0 Å². The third kappa shape index (κ3) is 4.28.